The Morgan fingerprint density at radius 1 is 1.18 bits per heavy atom. The molecule has 0 aliphatic carbocycles. The number of nitrogens with zero attached hydrogens (tertiary/aromatic N) is 2. The molecule has 1 aromatic carbocycles. The maximum Gasteiger partial charge on any atom is 0.251 e. The maximum absolute atomic E-state index is 11.6. The molecule has 0 radical (unpaired) electrons. The van der Waals surface area contributed by atoms with Gasteiger partial charge in [-0.15, -0.1) is 0 Å². The summed E-state index contributed by atoms with van der Waals surface area (Å²) in [6.07, 6.45) is 3.57. The summed E-state index contributed by atoms with van der Waals surface area (Å²) in [5, 5.41) is 6.81. The molecule has 2 N–H and O–H groups in total. The summed E-state index contributed by atoms with van der Waals surface area (Å²) in [6, 6.07) is 11.6. The lowest BCUT2D eigenvalue weighted by molar-refractivity contribution is 0.0966. The van der Waals surface area contributed by atoms with Crippen molar-refractivity contribution in [1.82, 2.24) is 15.3 Å². The fourth-order valence-electron chi connectivity index (χ4n) is 2.40. The predicted molar refractivity (Wildman–Crippen MR) is 86.2 cm³/mol. The molecule has 0 saturated heterocycles. The number of aromatic nitrogens is 2. The molecule has 0 bridgehead atoms. The van der Waals surface area contributed by atoms with Gasteiger partial charge in [0.1, 0.15) is 5.82 Å². The number of pyridine rings is 1. The highest BCUT2D eigenvalue weighted by molar-refractivity contribution is 7.18. The molecule has 0 saturated carbocycles. The van der Waals surface area contributed by atoms with Crippen LogP contribution in [0.5, 0.6) is 0 Å². The first-order chi connectivity index (χ1) is 10.8. The van der Waals surface area contributed by atoms with Crippen molar-refractivity contribution in [3.8, 4) is 10.4 Å². The minimum absolute atomic E-state index is 0.00311. The van der Waals surface area contributed by atoms with Crippen molar-refractivity contribution in [1.29, 1.82) is 0 Å². The van der Waals surface area contributed by atoms with Crippen LogP contribution in [0, 0.1) is 0 Å². The van der Waals surface area contributed by atoms with Crippen LogP contribution in [0.15, 0.2) is 48.8 Å². The van der Waals surface area contributed by atoms with Crippen molar-refractivity contribution in [2.45, 2.75) is 6.54 Å². The number of nitrogens with one attached hydrogen (secondary N) is 2. The molecular weight excluding hydrogens is 296 g/mol. The number of hydrogen-bond acceptors (Lipinski definition) is 5. The van der Waals surface area contributed by atoms with Crippen LogP contribution in [0.3, 0.4) is 0 Å². The first-order valence-corrected chi connectivity index (χ1v) is 7.66. The summed E-state index contributed by atoms with van der Waals surface area (Å²) < 4.78 is 0. The normalized spacial score (nSPS) is 12.8. The average molecular weight is 308 g/mol. The van der Waals surface area contributed by atoms with Gasteiger partial charge in [0.05, 0.1) is 4.88 Å². The summed E-state index contributed by atoms with van der Waals surface area (Å²) in [6.45, 7) is 0.597. The Morgan fingerprint density at radius 2 is 2.14 bits per heavy atom. The molecule has 1 amide bonds. The first-order valence-electron chi connectivity index (χ1n) is 6.85. The lowest BCUT2D eigenvalue weighted by atomic mass is 10.1. The number of rotatable bonds is 3. The third kappa shape index (κ3) is 2.33. The number of benzene rings is 1. The van der Waals surface area contributed by atoms with E-state index in [-0.39, 0.29) is 5.91 Å². The maximum atomic E-state index is 11.6. The largest absolute Gasteiger partial charge is 0.348 e. The van der Waals surface area contributed by atoms with Gasteiger partial charge < -0.3 is 10.6 Å². The van der Waals surface area contributed by atoms with Crippen LogP contribution in [-0.2, 0) is 6.54 Å². The minimum atomic E-state index is 0.00311. The second-order valence-electron chi connectivity index (χ2n) is 4.92. The van der Waals surface area contributed by atoms with E-state index in [1.165, 1.54) is 0 Å². The second kappa shape index (κ2) is 5.23. The molecule has 0 atom stereocenters. The summed E-state index contributed by atoms with van der Waals surface area (Å²) >= 11 is 1.56. The van der Waals surface area contributed by atoms with Gasteiger partial charge in [0.15, 0.2) is 5.13 Å². The molecule has 3 heterocycles. The number of anilines is 2. The third-order valence-corrected chi connectivity index (χ3v) is 4.44. The number of amides is 1. The topological polar surface area (TPSA) is 66.9 Å². The standard InChI is InChI=1S/C16H12N4OS/c21-15-12-5-4-10(7-11(12)8-18-15)13-9-19-16(22-13)20-14-3-1-2-6-17-14/h1-7,9H,8H2,(H,18,21)(H,17,19,20). The highest BCUT2D eigenvalue weighted by Crippen LogP contribution is 2.32. The molecule has 6 heteroatoms. The molecular formula is C16H12N4OS. The predicted octanol–water partition coefficient (Wildman–Crippen LogP) is 3.19. The van der Waals surface area contributed by atoms with Gasteiger partial charge in [-0.25, -0.2) is 9.97 Å². The Kier molecular flexibility index (Phi) is 3.08. The quantitative estimate of drug-likeness (QED) is 0.780. The summed E-state index contributed by atoms with van der Waals surface area (Å²) in [5.74, 6) is 0.774. The van der Waals surface area contributed by atoms with Crippen LogP contribution >= 0.6 is 11.3 Å². The second-order valence-corrected chi connectivity index (χ2v) is 5.95. The van der Waals surface area contributed by atoms with Gasteiger partial charge in [0.2, 0.25) is 0 Å². The van der Waals surface area contributed by atoms with Gasteiger partial charge in [0.25, 0.3) is 5.91 Å². The van der Waals surface area contributed by atoms with E-state index in [1.807, 2.05) is 42.6 Å². The molecule has 22 heavy (non-hydrogen) atoms. The lowest BCUT2D eigenvalue weighted by Crippen LogP contribution is -2.12. The molecule has 1 aliphatic rings. The third-order valence-electron chi connectivity index (χ3n) is 3.48. The molecule has 3 aromatic rings. The van der Waals surface area contributed by atoms with Crippen LogP contribution in [0.4, 0.5) is 10.9 Å². The Balaban J connectivity index is 1.61. The molecule has 5 nitrogen and oxygen atoms in total. The van der Waals surface area contributed by atoms with E-state index >= 15 is 0 Å². The van der Waals surface area contributed by atoms with Crippen LogP contribution in [-0.4, -0.2) is 15.9 Å². The molecule has 0 unspecified atom stereocenters. The van der Waals surface area contributed by atoms with Crippen molar-refractivity contribution in [2.75, 3.05) is 5.32 Å². The average Bonchev–Trinajstić information content (AvgIpc) is 3.15. The van der Waals surface area contributed by atoms with Gasteiger partial charge in [-0.05, 0) is 35.4 Å². The molecule has 0 fully saturated rings. The van der Waals surface area contributed by atoms with Crippen molar-refractivity contribution >= 4 is 28.2 Å². The summed E-state index contributed by atoms with van der Waals surface area (Å²) in [7, 11) is 0. The summed E-state index contributed by atoms with van der Waals surface area (Å²) in [4.78, 5) is 21.2. The van der Waals surface area contributed by atoms with E-state index in [4.69, 9.17) is 0 Å². The summed E-state index contributed by atoms with van der Waals surface area (Å²) in [5.41, 5.74) is 2.87. The lowest BCUT2D eigenvalue weighted by Gasteiger charge is -2.01. The van der Waals surface area contributed by atoms with Gasteiger partial charge >= 0.3 is 0 Å². The fraction of sp³-hybridized carbons (Fsp3) is 0.0625. The monoisotopic (exact) mass is 308 g/mol. The number of thiazole rings is 1. The van der Waals surface area contributed by atoms with Crippen molar-refractivity contribution < 1.29 is 4.79 Å². The zero-order valence-corrected chi connectivity index (χ0v) is 12.4. The number of carbonyl (C=O) groups excluding carboxylic acids is 1. The van der Waals surface area contributed by atoms with E-state index in [9.17, 15) is 4.79 Å². The van der Waals surface area contributed by atoms with E-state index < -0.39 is 0 Å². The van der Waals surface area contributed by atoms with Crippen LogP contribution in [0.1, 0.15) is 15.9 Å². The number of fused-ring (bicyclic) bond motifs is 1. The highest BCUT2D eigenvalue weighted by Gasteiger charge is 2.19. The van der Waals surface area contributed by atoms with Gasteiger partial charge in [-0.3, -0.25) is 4.79 Å². The highest BCUT2D eigenvalue weighted by atomic mass is 32.1. The molecule has 2 aromatic heterocycles. The smallest absolute Gasteiger partial charge is 0.251 e. The van der Waals surface area contributed by atoms with Gasteiger partial charge in [-0.2, -0.15) is 0 Å². The minimum Gasteiger partial charge on any atom is -0.348 e. The van der Waals surface area contributed by atoms with Crippen LogP contribution in [0.25, 0.3) is 10.4 Å². The van der Waals surface area contributed by atoms with E-state index in [1.54, 1.807) is 17.5 Å². The van der Waals surface area contributed by atoms with Crippen LogP contribution < -0.4 is 10.6 Å². The molecule has 108 valence electrons. The van der Waals surface area contributed by atoms with Crippen molar-refractivity contribution in [3.63, 3.8) is 0 Å². The van der Waals surface area contributed by atoms with Gasteiger partial charge in [-0.1, -0.05) is 23.5 Å². The van der Waals surface area contributed by atoms with Gasteiger partial charge in [0, 0.05) is 24.5 Å². The Morgan fingerprint density at radius 3 is 3.00 bits per heavy atom. The molecule has 0 spiro atoms. The van der Waals surface area contributed by atoms with E-state index in [2.05, 4.69) is 20.6 Å². The Hall–Kier alpha value is -2.73. The molecule has 1 aliphatic heterocycles. The van der Waals surface area contributed by atoms with E-state index in [0.717, 1.165) is 32.5 Å². The van der Waals surface area contributed by atoms with Crippen molar-refractivity contribution in [3.05, 3.63) is 59.9 Å². The SMILES string of the molecule is O=C1NCc2cc(-c3cnc(Nc4ccccn4)s3)ccc21. The Labute approximate surface area is 131 Å². The van der Waals surface area contributed by atoms with Crippen molar-refractivity contribution in [2.24, 2.45) is 0 Å². The number of hydrogen-bond donors (Lipinski definition) is 2. The zero-order valence-electron chi connectivity index (χ0n) is 11.5. The zero-order chi connectivity index (χ0) is 14.9. The fourth-order valence-corrected chi connectivity index (χ4v) is 3.22. The first kappa shape index (κ1) is 13.0. The van der Waals surface area contributed by atoms with Crippen LogP contribution in [0.2, 0.25) is 0 Å². The molecule has 4 rings (SSSR count). The number of carbonyl (C=O) groups is 1. The van der Waals surface area contributed by atoms with E-state index in [0.29, 0.717) is 6.54 Å². The Bertz CT molecular complexity index is 844.